The van der Waals surface area contributed by atoms with Crippen molar-refractivity contribution in [2.24, 2.45) is 0 Å². The first-order chi connectivity index (χ1) is 12.4. The summed E-state index contributed by atoms with van der Waals surface area (Å²) >= 11 is 0. The van der Waals surface area contributed by atoms with Crippen molar-refractivity contribution in [3.05, 3.63) is 81.4 Å². The number of benzene rings is 2. The molecule has 0 saturated carbocycles. The number of hydrogen-bond acceptors (Lipinski definition) is 3. The fourth-order valence-electron chi connectivity index (χ4n) is 2.70. The summed E-state index contributed by atoms with van der Waals surface area (Å²) in [5.41, 5.74) is -0.449. The normalized spacial score (nSPS) is 10.9. The van der Waals surface area contributed by atoms with Crippen molar-refractivity contribution in [3.8, 4) is 0 Å². The lowest BCUT2D eigenvalue weighted by atomic mass is 10.1. The molecule has 0 spiro atoms. The molecule has 134 valence electrons. The molecule has 0 N–H and O–H groups in total. The highest BCUT2D eigenvalue weighted by atomic mass is 19.2. The van der Waals surface area contributed by atoms with Crippen molar-refractivity contribution in [1.29, 1.82) is 0 Å². The van der Waals surface area contributed by atoms with E-state index in [2.05, 4.69) is 0 Å². The van der Waals surface area contributed by atoms with Gasteiger partial charge in [-0.2, -0.15) is 0 Å². The molecule has 2 aromatic carbocycles. The van der Waals surface area contributed by atoms with E-state index < -0.39 is 28.8 Å². The predicted octanol–water partition coefficient (Wildman–Crippen LogP) is 3.64. The molecule has 4 nitrogen and oxygen atoms in total. The van der Waals surface area contributed by atoms with Crippen molar-refractivity contribution in [2.75, 3.05) is 6.61 Å². The van der Waals surface area contributed by atoms with Crippen molar-refractivity contribution in [3.63, 3.8) is 0 Å². The van der Waals surface area contributed by atoms with Gasteiger partial charge >= 0.3 is 5.97 Å². The second kappa shape index (κ2) is 7.03. The van der Waals surface area contributed by atoms with E-state index in [-0.39, 0.29) is 29.6 Å². The average molecular weight is 361 g/mol. The number of nitrogens with zero attached hydrogens (tertiary/aromatic N) is 1. The molecule has 1 heterocycles. The summed E-state index contributed by atoms with van der Waals surface area (Å²) in [6.45, 7) is 1.68. The first-order valence-electron chi connectivity index (χ1n) is 7.84. The van der Waals surface area contributed by atoms with Crippen LogP contribution in [0.2, 0.25) is 0 Å². The van der Waals surface area contributed by atoms with Gasteiger partial charge < -0.3 is 9.30 Å². The van der Waals surface area contributed by atoms with Crippen molar-refractivity contribution >= 4 is 16.9 Å². The molecular formula is C19H14F3NO3. The maximum Gasteiger partial charge on any atom is 0.343 e. The molecule has 0 bridgehead atoms. The van der Waals surface area contributed by atoms with Gasteiger partial charge in [-0.15, -0.1) is 0 Å². The zero-order valence-electron chi connectivity index (χ0n) is 13.8. The zero-order chi connectivity index (χ0) is 18.8. The Bertz CT molecular complexity index is 1060. The van der Waals surface area contributed by atoms with Crippen molar-refractivity contribution in [2.45, 2.75) is 13.5 Å². The zero-order valence-corrected chi connectivity index (χ0v) is 13.8. The van der Waals surface area contributed by atoms with Gasteiger partial charge in [0.25, 0.3) is 0 Å². The topological polar surface area (TPSA) is 48.3 Å². The van der Waals surface area contributed by atoms with Crippen molar-refractivity contribution < 1.29 is 22.7 Å². The average Bonchev–Trinajstić information content (AvgIpc) is 2.59. The highest BCUT2D eigenvalue weighted by Gasteiger charge is 2.18. The van der Waals surface area contributed by atoms with Crippen LogP contribution < -0.4 is 5.43 Å². The van der Waals surface area contributed by atoms with E-state index in [1.165, 1.54) is 29.0 Å². The second-order valence-electron chi connectivity index (χ2n) is 5.63. The molecular weight excluding hydrogens is 347 g/mol. The molecule has 7 heteroatoms. The molecule has 0 unspecified atom stereocenters. The minimum Gasteiger partial charge on any atom is -0.462 e. The van der Waals surface area contributed by atoms with Crippen LogP contribution in [0, 0.1) is 17.5 Å². The number of halogens is 3. The van der Waals surface area contributed by atoms with Gasteiger partial charge in [-0.1, -0.05) is 12.1 Å². The number of fused-ring (bicyclic) bond motifs is 1. The lowest BCUT2D eigenvalue weighted by molar-refractivity contribution is 0.0524. The van der Waals surface area contributed by atoms with E-state index in [9.17, 15) is 22.8 Å². The lowest BCUT2D eigenvalue weighted by Gasteiger charge is -2.14. The highest BCUT2D eigenvalue weighted by Crippen LogP contribution is 2.19. The van der Waals surface area contributed by atoms with E-state index in [1.807, 2.05) is 0 Å². The minimum atomic E-state index is -1.20. The fourth-order valence-corrected chi connectivity index (χ4v) is 2.70. The second-order valence-corrected chi connectivity index (χ2v) is 5.63. The maximum atomic E-state index is 13.7. The van der Waals surface area contributed by atoms with Crippen LogP contribution in [0.1, 0.15) is 22.8 Å². The molecule has 0 radical (unpaired) electrons. The van der Waals surface area contributed by atoms with E-state index in [4.69, 9.17) is 4.74 Å². The lowest BCUT2D eigenvalue weighted by Crippen LogP contribution is -2.21. The van der Waals surface area contributed by atoms with Crippen LogP contribution in [0.4, 0.5) is 13.2 Å². The number of rotatable bonds is 4. The number of hydrogen-bond donors (Lipinski definition) is 0. The molecule has 0 aliphatic rings. The third-order valence-corrected chi connectivity index (χ3v) is 3.86. The first-order valence-corrected chi connectivity index (χ1v) is 7.84. The standard InChI is InChI=1S/C19H14F3NO3/c1-2-26-19(25)14-10-23(9-11-4-3-5-12(20)6-11)17-8-16(22)15(21)7-13(17)18(14)24/h3-8,10H,2,9H2,1H3. The molecule has 0 saturated heterocycles. The summed E-state index contributed by atoms with van der Waals surface area (Å²) in [5, 5.41) is -0.161. The number of carbonyl (C=O) groups is 1. The summed E-state index contributed by atoms with van der Waals surface area (Å²) in [5.74, 6) is -3.66. The van der Waals surface area contributed by atoms with E-state index in [0.717, 1.165) is 12.1 Å². The molecule has 0 amide bonds. The van der Waals surface area contributed by atoms with Gasteiger partial charge in [-0.3, -0.25) is 4.79 Å². The van der Waals surface area contributed by atoms with Crippen LogP contribution in [0.25, 0.3) is 10.9 Å². The number of aromatic nitrogens is 1. The quantitative estimate of drug-likeness (QED) is 0.667. The Labute approximate surface area is 146 Å². The van der Waals surface area contributed by atoms with Gasteiger partial charge in [0.2, 0.25) is 5.43 Å². The Morgan fingerprint density at radius 2 is 1.85 bits per heavy atom. The predicted molar refractivity (Wildman–Crippen MR) is 89.6 cm³/mol. The van der Waals surface area contributed by atoms with Gasteiger partial charge in [0.05, 0.1) is 12.1 Å². The monoisotopic (exact) mass is 361 g/mol. The number of ether oxygens (including phenoxy) is 1. The molecule has 0 fully saturated rings. The third-order valence-electron chi connectivity index (χ3n) is 3.86. The maximum absolute atomic E-state index is 13.7. The summed E-state index contributed by atoms with van der Waals surface area (Å²) in [7, 11) is 0. The van der Waals surface area contributed by atoms with Crippen LogP contribution in [-0.4, -0.2) is 17.1 Å². The van der Waals surface area contributed by atoms with Gasteiger partial charge in [0, 0.05) is 24.2 Å². The number of pyridine rings is 1. The van der Waals surface area contributed by atoms with E-state index >= 15 is 0 Å². The van der Waals surface area contributed by atoms with Gasteiger partial charge in [-0.25, -0.2) is 18.0 Å². The Balaban J connectivity index is 2.25. The molecule has 3 rings (SSSR count). The summed E-state index contributed by atoms with van der Waals surface area (Å²) in [4.78, 5) is 24.6. The Hall–Kier alpha value is -3.09. The van der Waals surface area contributed by atoms with E-state index in [0.29, 0.717) is 5.56 Å². The Morgan fingerprint density at radius 1 is 1.12 bits per heavy atom. The molecule has 3 aromatic rings. The summed E-state index contributed by atoms with van der Waals surface area (Å²) < 4.78 is 47.0. The van der Waals surface area contributed by atoms with Crippen LogP contribution >= 0.6 is 0 Å². The van der Waals surface area contributed by atoms with Crippen LogP contribution in [0.5, 0.6) is 0 Å². The first kappa shape index (κ1) is 17.7. The fraction of sp³-hybridized carbons (Fsp3) is 0.158. The third kappa shape index (κ3) is 3.33. The van der Waals surface area contributed by atoms with Crippen molar-refractivity contribution in [1.82, 2.24) is 4.57 Å². The minimum absolute atomic E-state index is 0.0476. The molecule has 0 aliphatic heterocycles. The molecule has 0 atom stereocenters. The van der Waals surface area contributed by atoms with Gasteiger partial charge in [-0.05, 0) is 30.7 Å². The molecule has 0 aliphatic carbocycles. The summed E-state index contributed by atoms with van der Waals surface area (Å²) in [6, 6.07) is 7.30. The SMILES string of the molecule is CCOC(=O)c1cn(Cc2cccc(F)c2)c2cc(F)c(F)cc2c1=O. The number of esters is 1. The smallest absolute Gasteiger partial charge is 0.343 e. The largest absolute Gasteiger partial charge is 0.462 e. The van der Waals surface area contributed by atoms with Gasteiger partial charge in [0.15, 0.2) is 11.6 Å². The van der Waals surface area contributed by atoms with Crippen LogP contribution in [-0.2, 0) is 11.3 Å². The summed E-state index contributed by atoms with van der Waals surface area (Å²) in [6.07, 6.45) is 1.21. The van der Waals surface area contributed by atoms with Crippen LogP contribution in [0.3, 0.4) is 0 Å². The molecule has 1 aromatic heterocycles. The Kier molecular flexibility index (Phi) is 4.79. The molecule has 26 heavy (non-hydrogen) atoms. The Morgan fingerprint density at radius 3 is 2.54 bits per heavy atom. The van der Waals surface area contributed by atoms with Crippen LogP contribution in [0.15, 0.2) is 47.4 Å². The highest BCUT2D eigenvalue weighted by molar-refractivity contribution is 5.93. The number of carbonyl (C=O) groups excluding carboxylic acids is 1. The van der Waals surface area contributed by atoms with E-state index in [1.54, 1.807) is 13.0 Å². The van der Waals surface area contributed by atoms with Gasteiger partial charge in [0.1, 0.15) is 11.4 Å².